The minimum Gasteiger partial charge on any atom is -0.378 e. The number of likely N-dealkylation sites (tertiary alicyclic amines) is 1. The highest BCUT2D eigenvalue weighted by molar-refractivity contribution is 7.19. The fraction of sp³-hybridized carbons (Fsp3) is 0.630. The number of fused-ring (bicyclic) bond motifs is 1. The van der Waals surface area contributed by atoms with E-state index in [1.54, 1.807) is 12.4 Å². The van der Waals surface area contributed by atoms with E-state index in [2.05, 4.69) is 37.8 Å². The first-order valence-corrected chi connectivity index (χ1v) is 14.6. The predicted molar refractivity (Wildman–Crippen MR) is 149 cm³/mol. The first-order valence-electron chi connectivity index (χ1n) is 13.8. The van der Waals surface area contributed by atoms with Crippen molar-refractivity contribution in [2.75, 3.05) is 57.1 Å². The number of ether oxygens (including phenoxy) is 1. The molecule has 3 aromatic heterocycles. The topological polar surface area (TPSA) is 96.5 Å². The quantitative estimate of drug-likeness (QED) is 0.518. The van der Waals surface area contributed by atoms with Crippen molar-refractivity contribution in [2.24, 2.45) is 0 Å². The molecule has 1 aliphatic carbocycles. The fourth-order valence-electron chi connectivity index (χ4n) is 6.13. The summed E-state index contributed by atoms with van der Waals surface area (Å²) in [6, 6.07) is 3.72. The van der Waals surface area contributed by atoms with Crippen molar-refractivity contribution in [2.45, 2.75) is 63.6 Å². The van der Waals surface area contributed by atoms with Crippen molar-refractivity contribution in [3.05, 3.63) is 23.3 Å². The van der Waals surface area contributed by atoms with Crippen LogP contribution in [0.25, 0.3) is 21.6 Å². The molecule has 0 spiro atoms. The van der Waals surface area contributed by atoms with Gasteiger partial charge in [-0.2, -0.15) is 0 Å². The van der Waals surface area contributed by atoms with Crippen LogP contribution in [0, 0.1) is 0 Å². The van der Waals surface area contributed by atoms with Gasteiger partial charge < -0.3 is 20.3 Å². The maximum atomic E-state index is 5.71. The lowest BCUT2D eigenvalue weighted by atomic mass is 9.92. The van der Waals surface area contributed by atoms with Gasteiger partial charge in [0.2, 0.25) is 5.95 Å². The summed E-state index contributed by atoms with van der Waals surface area (Å²) in [7, 11) is 2.29. The zero-order valence-corrected chi connectivity index (χ0v) is 22.6. The standard InChI is InChI=1S/C27H38N8OS/c1-33(20-7-9-34(10-8-20)21-5-3-2-4-6-21)18-22-15-23-24(37-22)26(35-11-13-36-14-12-35)32-25(31-23)19-16-29-27(28)30-17-19/h15-17,20-21H,2-14,18H2,1H3,(H2,28,29,30). The summed E-state index contributed by atoms with van der Waals surface area (Å²) in [6.07, 6.45) is 13.0. The van der Waals surface area contributed by atoms with Crippen molar-refractivity contribution in [3.8, 4) is 11.4 Å². The van der Waals surface area contributed by atoms with E-state index in [0.717, 1.165) is 47.3 Å². The lowest BCUT2D eigenvalue weighted by Gasteiger charge is -2.41. The van der Waals surface area contributed by atoms with Gasteiger partial charge in [-0.25, -0.2) is 19.9 Å². The van der Waals surface area contributed by atoms with Gasteiger partial charge in [0.25, 0.3) is 0 Å². The molecule has 37 heavy (non-hydrogen) atoms. The fourth-order valence-corrected chi connectivity index (χ4v) is 7.30. The monoisotopic (exact) mass is 522 g/mol. The molecule has 5 heterocycles. The van der Waals surface area contributed by atoms with Crippen LogP contribution < -0.4 is 10.6 Å². The summed E-state index contributed by atoms with van der Waals surface area (Å²) < 4.78 is 6.76. The second kappa shape index (κ2) is 11.1. The van der Waals surface area contributed by atoms with E-state index in [9.17, 15) is 0 Å². The number of hydrogen-bond acceptors (Lipinski definition) is 10. The van der Waals surface area contributed by atoms with E-state index in [1.807, 2.05) is 11.3 Å². The molecule has 2 aliphatic heterocycles. The van der Waals surface area contributed by atoms with Gasteiger partial charge in [0.1, 0.15) is 0 Å². The molecule has 198 valence electrons. The lowest BCUT2D eigenvalue weighted by Crippen LogP contribution is -2.47. The Labute approximate surface area is 223 Å². The highest BCUT2D eigenvalue weighted by Gasteiger charge is 2.28. The zero-order chi connectivity index (χ0) is 25.2. The van der Waals surface area contributed by atoms with E-state index in [-0.39, 0.29) is 5.95 Å². The number of nitrogen functional groups attached to an aromatic ring is 1. The molecule has 2 saturated heterocycles. The van der Waals surface area contributed by atoms with Crippen LogP contribution in [0.2, 0.25) is 0 Å². The summed E-state index contributed by atoms with van der Waals surface area (Å²) in [5.74, 6) is 1.88. The van der Waals surface area contributed by atoms with Crippen LogP contribution in [0.15, 0.2) is 18.5 Å². The van der Waals surface area contributed by atoms with E-state index in [4.69, 9.17) is 20.4 Å². The minimum absolute atomic E-state index is 0.253. The second-order valence-electron chi connectivity index (χ2n) is 10.7. The van der Waals surface area contributed by atoms with Crippen molar-refractivity contribution >= 4 is 33.3 Å². The summed E-state index contributed by atoms with van der Waals surface area (Å²) in [4.78, 5) is 27.2. The molecule has 0 radical (unpaired) electrons. The van der Waals surface area contributed by atoms with Crippen molar-refractivity contribution in [1.82, 2.24) is 29.7 Å². The Morgan fingerprint density at radius 1 is 1.00 bits per heavy atom. The van der Waals surface area contributed by atoms with Gasteiger partial charge >= 0.3 is 0 Å². The molecule has 0 unspecified atom stereocenters. The summed E-state index contributed by atoms with van der Waals surface area (Å²) >= 11 is 1.83. The first kappa shape index (κ1) is 24.9. The third-order valence-corrected chi connectivity index (χ3v) is 9.37. The Balaban J connectivity index is 1.20. The number of nitrogens with two attached hydrogens (primary N) is 1. The van der Waals surface area contributed by atoms with Gasteiger partial charge in [-0.05, 0) is 51.9 Å². The van der Waals surface area contributed by atoms with E-state index >= 15 is 0 Å². The average molecular weight is 523 g/mol. The molecule has 9 nitrogen and oxygen atoms in total. The highest BCUT2D eigenvalue weighted by atomic mass is 32.1. The van der Waals surface area contributed by atoms with E-state index in [0.29, 0.717) is 25.1 Å². The van der Waals surface area contributed by atoms with E-state index < -0.39 is 0 Å². The average Bonchev–Trinajstić information content (AvgIpc) is 3.36. The Morgan fingerprint density at radius 2 is 1.73 bits per heavy atom. The van der Waals surface area contributed by atoms with Gasteiger partial charge in [0.15, 0.2) is 11.6 Å². The van der Waals surface area contributed by atoms with Crippen LogP contribution >= 0.6 is 11.3 Å². The first-order chi connectivity index (χ1) is 18.1. The lowest BCUT2D eigenvalue weighted by molar-refractivity contribution is 0.0789. The Bertz CT molecular complexity index is 1180. The number of morpholine rings is 1. The number of nitrogens with zero attached hydrogens (tertiary/aromatic N) is 7. The summed E-state index contributed by atoms with van der Waals surface area (Å²) in [5, 5.41) is 0. The molecule has 3 aliphatic rings. The van der Waals surface area contributed by atoms with Gasteiger partial charge in [-0.15, -0.1) is 11.3 Å². The molecule has 2 N–H and O–H groups in total. The Kier molecular flexibility index (Phi) is 7.50. The van der Waals surface area contributed by atoms with Crippen LogP contribution in [0.4, 0.5) is 11.8 Å². The summed E-state index contributed by atoms with van der Waals surface area (Å²) in [6.45, 7) is 6.52. The maximum absolute atomic E-state index is 5.71. The van der Waals surface area contributed by atoms with Crippen molar-refractivity contribution in [3.63, 3.8) is 0 Å². The Morgan fingerprint density at radius 3 is 2.46 bits per heavy atom. The van der Waals surface area contributed by atoms with Crippen LogP contribution in [0.3, 0.4) is 0 Å². The number of piperidine rings is 1. The normalized spacial score (nSPS) is 20.8. The van der Waals surface area contributed by atoms with Crippen LogP contribution in [0.5, 0.6) is 0 Å². The van der Waals surface area contributed by atoms with Crippen LogP contribution in [-0.2, 0) is 11.3 Å². The molecule has 0 amide bonds. The maximum Gasteiger partial charge on any atom is 0.219 e. The SMILES string of the molecule is CN(Cc1cc2nc(-c3cnc(N)nc3)nc(N3CCOCC3)c2s1)C1CCN(C2CCCCC2)CC1. The second-order valence-corrected chi connectivity index (χ2v) is 11.8. The minimum atomic E-state index is 0.253. The van der Waals surface area contributed by atoms with Gasteiger partial charge in [-0.3, -0.25) is 4.90 Å². The van der Waals surface area contributed by atoms with Crippen molar-refractivity contribution in [1.29, 1.82) is 0 Å². The number of rotatable bonds is 6. The molecule has 3 fully saturated rings. The molecule has 6 rings (SSSR count). The predicted octanol–water partition coefficient (Wildman–Crippen LogP) is 3.80. The van der Waals surface area contributed by atoms with Crippen LogP contribution in [-0.4, -0.2) is 88.3 Å². The number of aromatic nitrogens is 4. The largest absolute Gasteiger partial charge is 0.378 e. The molecule has 3 aromatic rings. The molecule has 0 atom stereocenters. The Hall–Kier alpha value is -2.40. The molecule has 1 saturated carbocycles. The molecule has 10 heteroatoms. The van der Waals surface area contributed by atoms with E-state index in [1.165, 1.54) is 62.9 Å². The van der Waals surface area contributed by atoms with Gasteiger partial charge in [0, 0.05) is 49.0 Å². The highest BCUT2D eigenvalue weighted by Crippen LogP contribution is 2.35. The van der Waals surface area contributed by atoms with Crippen molar-refractivity contribution < 1.29 is 4.74 Å². The van der Waals surface area contributed by atoms with Gasteiger partial charge in [-0.1, -0.05) is 19.3 Å². The molecule has 0 aromatic carbocycles. The smallest absolute Gasteiger partial charge is 0.219 e. The third kappa shape index (κ3) is 5.57. The number of hydrogen-bond donors (Lipinski definition) is 1. The number of anilines is 2. The molecular formula is C27H38N8OS. The molecular weight excluding hydrogens is 484 g/mol. The number of thiophene rings is 1. The molecule has 0 bridgehead atoms. The third-order valence-electron chi connectivity index (χ3n) is 8.26. The zero-order valence-electron chi connectivity index (χ0n) is 21.8. The van der Waals surface area contributed by atoms with Crippen LogP contribution in [0.1, 0.15) is 49.8 Å². The van der Waals surface area contributed by atoms with Gasteiger partial charge in [0.05, 0.1) is 29.0 Å². The summed E-state index contributed by atoms with van der Waals surface area (Å²) in [5.41, 5.74) is 7.48.